The zero-order chi connectivity index (χ0) is 7.82. The van der Waals surface area contributed by atoms with E-state index in [1.165, 1.54) is 7.11 Å². The second kappa shape index (κ2) is 6.31. The number of ketones is 1. The van der Waals surface area contributed by atoms with Crippen LogP contribution in [0.5, 0.6) is 0 Å². The van der Waals surface area contributed by atoms with E-state index in [9.17, 15) is 4.79 Å². The van der Waals surface area contributed by atoms with Gasteiger partial charge in [-0.15, -0.1) is 11.8 Å². The summed E-state index contributed by atoms with van der Waals surface area (Å²) in [4.78, 5) is 10.7. The molecule has 0 spiro atoms. The fraction of sp³-hybridized carbons (Fsp3) is 0.625. The van der Waals surface area contributed by atoms with E-state index in [1.807, 2.05) is 0 Å². The molecule has 0 heterocycles. The Bertz CT molecular complexity index is 150. The van der Waals surface area contributed by atoms with Crippen LogP contribution in [-0.2, 0) is 9.53 Å². The number of hydrogen-bond acceptors (Lipinski definition) is 2. The first-order valence-electron chi connectivity index (χ1n) is 3.21. The van der Waals surface area contributed by atoms with E-state index in [1.54, 1.807) is 6.92 Å². The second-order valence-electron chi connectivity index (χ2n) is 1.90. The van der Waals surface area contributed by atoms with Crippen LogP contribution in [0.2, 0.25) is 0 Å². The molecule has 0 aromatic carbocycles. The molecule has 0 aliphatic rings. The van der Waals surface area contributed by atoms with E-state index in [-0.39, 0.29) is 12.4 Å². The normalized spacial score (nSPS) is 8.20. The lowest BCUT2D eigenvalue weighted by Gasteiger charge is -1.93. The Kier molecular flexibility index (Phi) is 5.80. The molecular formula is C8H12O2. The third kappa shape index (κ3) is 5.33. The minimum absolute atomic E-state index is 0.116. The molecule has 0 radical (unpaired) electrons. The van der Waals surface area contributed by atoms with Crippen molar-refractivity contribution < 1.29 is 9.53 Å². The largest absolute Gasteiger partial charge is 0.377 e. The third-order valence-corrected chi connectivity index (χ3v) is 1.01. The van der Waals surface area contributed by atoms with Crippen LogP contribution >= 0.6 is 0 Å². The van der Waals surface area contributed by atoms with E-state index in [0.717, 1.165) is 0 Å². The molecule has 2 heteroatoms. The van der Waals surface area contributed by atoms with E-state index in [0.29, 0.717) is 12.8 Å². The summed E-state index contributed by atoms with van der Waals surface area (Å²) in [6.07, 6.45) is 1.16. The predicted octanol–water partition coefficient (Wildman–Crippen LogP) is 1.01. The highest BCUT2D eigenvalue weighted by atomic mass is 16.5. The molecule has 0 N–H and O–H groups in total. The predicted molar refractivity (Wildman–Crippen MR) is 39.6 cm³/mol. The Labute approximate surface area is 61.6 Å². The Morgan fingerprint density at radius 3 is 2.80 bits per heavy atom. The molecule has 0 aromatic rings. The van der Waals surface area contributed by atoms with Gasteiger partial charge in [0.25, 0.3) is 0 Å². The molecule has 0 saturated heterocycles. The molecule has 2 nitrogen and oxygen atoms in total. The summed E-state index contributed by atoms with van der Waals surface area (Å²) in [5.41, 5.74) is 0. The molecular weight excluding hydrogens is 128 g/mol. The van der Waals surface area contributed by atoms with Gasteiger partial charge in [-0.2, -0.15) is 0 Å². The van der Waals surface area contributed by atoms with Gasteiger partial charge in [0.1, 0.15) is 6.61 Å². The van der Waals surface area contributed by atoms with Crippen LogP contribution in [0.4, 0.5) is 0 Å². The zero-order valence-electron chi connectivity index (χ0n) is 6.44. The van der Waals surface area contributed by atoms with Crippen LogP contribution in [-0.4, -0.2) is 19.5 Å². The topological polar surface area (TPSA) is 26.3 Å². The van der Waals surface area contributed by atoms with Gasteiger partial charge < -0.3 is 4.74 Å². The number of carbonyl (C=O) groups excluding carboxylic acids is 1. The maximum Gasteiger partial charge on any atom is 0.159 e. The number of rotatable bonds is 4. The molecule has 0 unspecified atom stereocenters. The van der Waals surface area contributed by atoms with Crippen molar-refractivity contribution in [3.8, 4) is 11.8 Å². The van der Waals surface area contributed by atoms with Gasteiger partial charge in [-0.1, -0.05) is 0 Å². The summed E-state index contributed by atoms with van der Waals surface area (Å²) in [7, 11) is 1.52. The number of carbonyl (C=O) groups is 1. The van der Waals surface area contributed by atoms with Gasteiger partial charge in [0.15, 0.2) is 5.78 Å². The van der Waals surface area contributed by atoms with Gasteiger partial charge in [-0.3, -0.25) is 4.79 Å². The summed E-state index contributed by atoms with van der Waals surface area (Å²) >= 11 is 0. The summed E-state index contributed by atoms with van der Waals surface area (Å²) in [6, 6.07) is 0. The Morgan fingerprint density at radius 2 is 2.30 bits per heavy atom. The quantitative estimate of drug-likeness (QED) is 0.545. The van der Waals surface area contributed by atoms with E-state index in [2.05, 4.69) is 16.6 Å². The smallest absolute Gasteiger partial charge is 0.159 e. The molecule has 0 atom stereocenters. The van der Waals surface area contributed by atoms with Crippen LogP contribution < -0.4 is 0 Å². The van der Waals surface area contributed by atoms with Gasteiger partial charge in [0.2, 0.25) is 0 Å². The maximum atomic E-state index is 10.7. The van der Waals surface area contributed by atoms with Crippen LogP contribution in [0.3, 0.4) is 0 Å². The molecule has 0 aliphatic carbocycles. The molecule has 0 aromatic heterocycles. The number of ether oxygens (including phenoxy) is 1. The molecule has 10 heavy (non-hydrogen) atoms. The number of methoxy groups -OCH3 is 1. The number of hydrogen-bond donors (Lipinski definition) is 0. The summed E-state index contributed by atoms with van der Waals surface area (Å²) in [5.74, 6) is 5.65. The molecule has 0 bridgehead atoms. The minimum Gasteiger partial charge on any atom is -0.377 e. The lowest BCUT2D eigenvalue weighted by atomic mass is 10.2. The molecule has 0 aliphatic heterocycles. The molecule has 56 valence electrons. The van der Waals surface area contributed by atoms with Gasteiger partial charge in [-0.25, -0.2) is 0 Å². The van der Waals surface area contributed by atoms with Crippen molar-refractivity contribution >= 4 is 5.78 Å². The van der Waals surface area contributed by atoms with Crippen molar-refractivity contribution in [1.29, 1.82) is 0 Å². The highest BCUT2D eigenvalue weighted by Gasteiger charge is 1.96. The van der Waals surface area contributed by atoms with Crippen LogP contribution in [0.25, 0.3) is 0 Å². The van der Waals surface area contributed by atoms with Crippen molar-refractivity contribution in [2.45, 2.75) is 19.8 Å². The van der Waals surface area contributed by atoms with Crippen molar-refractivity contribution in [3.63, 3.8) is 0 Å². The number of Topliss-reactive ketones (excluding diaryl/α,β-unsaturated/α-hetero) is 1. The SMILES string of the molecule is CC#CCCC(=O)COC. The van der Waals surface area contributed by atoms with Crippen LogP contribution in [0.15, 0.2) is 0 Å². The van der Waals surface area contributed by atoms with Crippen LogP contribution in [0, 0.1) is 11.8 Å². The lowest BCUT2D eigenvalue weighted by molar-refractivity contribution is -0.122. The van der Waals surface area contributed by atoms with Crippen molar-refractivity contribution in [3.05, 3.63) is 0 Å². The fourth-order valence-electron chi connectivity index (χ4n) is 0.560. The maximum absolute atomic E-state index is 10.7. The fourth-order valence-corrected chi connectivity index (χ4v) is 0.560. The standard InChI is InChI=1S/C8H12O2/c1-3-4-5-6-8(9)7-10-2/h5-7H2,1-2H3. The van der Waals surface area contributed by atoms with Crippen molar-refractivity contribution in [2.24, 2.45) is 0 Å². The molecule has 0 amide bonds. The van der Waals surface area contributed by atoms with Crippen LogP contribution in [0.1, 0.15) is 19.8 Å². The highest BCUT2D eigenvalue weighted by Crippen LogP contribution is 1.88. The molecule has 0 saturated carbocycles. The van der Waals surface area contributed by atoms with Gasteiger partial charge in [0, 0.05) is 20.0 Å². The van der Waals surface area contributed by atoms with E-state index >= 15 is 0 Å². The first-order chi connectivity index (χ1) is 4.81. The van der Waals surface area contributed by atoms with E-state index < -0.39 is 0 Å². The zero-order valence-corrected chi connectivity index (χ0v) is 6.44. The third-order valence-electron chi connectivity index (χ3n) is 1.01. The lowest BCUT2D eigenvalue weighted by Crippen LogP contribution is -2.05. The van der Waals surface area contributed by atoms with Gasteiger partial charge in [-0.05, 0) is 6.92 Å². The highest BCUT2D eigenvalue weighted by molar-refractivity contribution is 5.79. The van der Waals surface area contributed by atoms with Crippen molar-refractivity contribution in [2.75, 3.05) is 13.7 Å². The summed E-state index contributed by atoms with van der Waals surface area (Å²) in [6.45, 7) is 1.98. The Hall–Kier alpha value is -0.810. The first kappa shape index (κ1) is 9.19. The second-order valence-corrected chi connectivity index (χ2v) is 1.90. The Balaban J connectivity index is 3.27. The monoisotopic (exact) mass is 140 g/mol. The Morgan fingerprint density at radius 1 is 1.60 bits per heavy atom. The van der Waals surface area contributed by atoms with Gasteiger partial charge in [0.05, 0.1) is 0 Å². The summed E-state index contributed by atoms with van der Waals surface area (Å²) < 4.78 is 4.64. The van der Waals surface area contributed by atoms with E-state index in [4.69, 9.17) is 0 Å². The van der Waals surface area contributed by atoms with Gasteiger partial charge >= 0.3 is 0 Å². The first-order valence-corrected chi connectivity index (χ1v) is 3.21. The molecule has 0 rings (SSSR count). The summed E-state index contributed by atoms with van der Waals surface area (Å²) in [5, 5.41) is 0. The minimum atomic E-state index is 0.116. The van der Waals surface area contributed by atoms with Crippen molar-refractivity contribution in [1.82, 2.24) is 0 Å². The average molecular weight is 140 g/mol. The molecule has 0 fully saturated rings. The average Bonchev–Trinajstić information content (AvgIpc) is 1.89.